The molecule has 0 aromatic heterocycles. The number of ether oxygens (including phenoxy) is 1. The molecule has 3 rings (SSSR count). The minimum atomic E-state index is -0.310. The molecule has 0 bridgehead atoms. The van der Waals surface area contributed by atoms with Crippen molar-refractivity contribution >= 4 is 12.6 Å². The molecule has 5 heteroatoms. The van der Waals surface area contributed by atoms with Crippen LogP contribution in [0.3, 0.4) is 0 Å². The number of rotatable bonds is 3. The number of piperidine rings is 1. The predicted octanol–water partition coefficient (Wildman–Crippen LogP) is 2.12. The van der Waals surface area contributed by atoms with E-state index in [1.807, 2.05) is 24.3 Å². The molecular weight excluding hydrogens is 277 g/mol. The van der Waals surface area contributed by atoms with Gasteiger partial charge in [0.25, 0.3) is 0 Å². The Balaban J connectivity index is 1.65. The Kier molecular flexibility index (Phi) is 4.23. The molecular formula is C17H26BNO3. The first kappa shape index (κ1) is 15.8. The Bertz CT molecular complexity index is 493. The van der Waals surface area contributed by atoms with Crippen molar-refractivity contribution in [1.82, 2.24) is 5.32 Å². The zero-order chi connectivity index (χ0) is 15.8. The van der Waals surface area contributed by atoms with Crippen LogP contribution in [0.25, 0.3) is 0 Å². The summed E-state index contributed by atoms with van der Waals surface area (Å²) in [6.07, 6.45) is 2.57. The zero-order valence-electron chi connectivity index (χ0n) is 14.0. The minimum absolute atomic E-state index is 0.274. The molecule has 0 unspecified atom stereocenters. The number of hydrogen-bond donors (Lipinski definition) is 1. The number of hydrogen-bond acceptors (Lipinski definition) is 4. The fourth-order valence-electron chi connectivity index (χ4n) is 2.80. The maximum absolute atomic E-state index is 6.07. The van der Waals surface area contributed by atoms with Gasteiger partial charge in [0.05, 0.1) is 11.2 Å². The molecule has 120 valence electrons. The summed E-state index contributed by atoms with van der Waals surface area (Å²) in [6, 6.07) is 8.09. The van der Waals surface area contributed by atoms with Crippen LogP contribution in [0.1, 0.15) is 40.5 Å². The topological polar surface area (TPSA) is 39.7 Å². The van der Waals surface area contributed by atoms with Gasteiger partial charge in [-0.1, -0.05) is 12.1 Å². The molecule has 0 spiro atoms. The molecule has 0 amide bonds. The van der Waals surface area contributed by atoms with Crippen LogP contribution in [0.2, 0.25) is 0 Å². The summed E-state index contributed by atoms with van der Waals surface area (Å²) in [6.45, 7) is 10.3. The molecule has 2 heterocycles. The van der Waals surface area contributed by atoms with Crippen LogP contribution in [-0.4, -0.2) is 37.5 Å². The van der Waals surface area contributed by atoms with E-state index in [9.17, 15) is 0 Å². The Hall–Kier alpha value is -1.04. The lowest BCUT2D eigenvalue weighted by molar-refractivity contribution is 0.00578. The van der Waals surface area contributed by atoms with Gasteiger partial charge in [-0.05, 0) is 64.7 Å². The maximum Gasteiger partial charge on any atom is 0.494 e. The maximum atomic E-state index is 6.07. The van der Waals surface area contributed by atoms with Crippen molar-refractivity contribution < 1.29 is 14.0 Å². The van der Waals surface area contributed by atoms with Crippen molar-refractivity contribution in [1.29, 1.82) is 0 Å². The van der Waals surface area contributed by atoms with Gasteiger partial charge in [-0.3, -0.25) is 0 Å². The molecule has 2 aliphatic rings. The normalized spacial score (nSPS) is 26.9. The average molecular weight is 303 g/mol. The molecule has 22 heavy (non-hydrogen) atoms. The van der Waals surface area contributed by atoms with E-state index in [2.05, 4.69) is 33.0 Å². The largest absolute Gasteiger partial charge is 0.494 e. The molecule has 2 aliphatic heterocycles. The molecule has 1 aromatic carbocycles. The smallest absolute Gasteiger partial charge is 0.489 e. The molecule has 2 fully saturated rings. The monoisotopic (exact) mass is 303 g/mol. The van der Waals surface area contributed by atoms with Crippen molar-refractivity contribution in [3.63, 3.8) is 0 Å². The Morgan fingerprint density at radius 1 is 1.09 bits per heavy atom. The molecule has 1 aromatic rings. The van der Waals surface area contributed by atoms with E-state index in [1.165, 1.54) is 6.42 Å². The van der Waals surface area contributed by atoms with Gasteiger partial charge >= 0.3 is 7.12 Å². The first-order valence-electron chi connectivity index (χ1n) is 8.20. The summed E-state index contributed by atoms with van der Waals surface area (Å²) < 4.78 is 18.1. The van der Waals surface area contributed by atoms with E-state index in [0.717, 1.165) is 30.7 Å². The Morgan fingerprint density at radius 3 is 2.27 bits per heavy atom. The van der Waals surface area contributed by atoms with E-state index >= 15 is 0 Å². The summed E-state index contributed by atoms with van der Waals surface area (Å²) in [4.78, 5) is 0. The van der Waals surface area contributed by atoms with E-state index in [4.69, 9.17) is 14.0 Å². The molecule has 4 nitrogen and oxygen atoms in total. The van der Waals surface area contributed by atoms with E-state index in [1.54, 1.807) is 0 Å². The quantitative estimate of drug-likeness (QED) is 0.868. The third-order valence-electron chi connectivity index (χ3n) is 4.96. The standard InChI is InChI=1S/C17H26BNO3/c1-16(2)17(3,4)22-18(21-16)13-7-9-14(10-8-13)20-15-6-5-11-19-12-15/h7-10,15,19H,5-6,11-12H2,1-4H3/t15-/m1/s1. The van der Waals surface area contributed by atoms with Crippen LogP contribution in [0.4, 0.5) is 0 Å². The van der Waals surface area contributed by atoms with Crippen LogP contribution < -0.4 is 15.5 Å². The third kappa shape index (κ3) is 3.17. The van der Waals surface area contributed by atoms with Gasteiger partial charge in [-0.15, -0.1) is 0 Å². The van der Waals surface area contributed by atoms with E-state index in [0.29, 0.717) is 0 Å². The molecule has 1 atom stereocenters. The highest BCUT2D eigenvalue weighted by atomic mass is 16.7. The molecule has 0 saturated carbocycles. The van der Waals surface area contributed by atoms with Gasteiger partial charge in [-0.2, -0.15) is 0 Å². The minimum Gasteiger partial charge on any atom is -0.489 e. The lowest BCUT2D eigenvalue weighted by Gasteiger charge is -2.32. The van der Waals surface area contributed by atoms with Gasteiger partial charge in [-0.25, -0.2) is 0 Å². The predicted molar refractivity (Wildman–Crippen MR) is 88.7 cm³/mol. The summed E-state index contributed by atoms with van der Waals surface area (Å²) in [5, 5.41) is 3.36. The second-order valence-electron chi connectivity index (χ2n) is 7.24. The van der Waals surface area contributed by atoms with E-state index in [-0.39, 0.29) is 24.4 Å². The SMILES string of the molecule is CC1(C)OB(c2ccc(O[C@@H]3CCCNC3)cc2)OC1(C)C. The summed E-state index contributed by atoms with van der Waals surface area (Å²) >= 11 is 0. The first-order valence-corrected chi connectivity index (χ1v) is 8.20. The van der Waals surface area contributed by atoms with Crippen LogP contribution >= 0.6 is 0 Å². The average Bonchev–Trinajstić information content (AvgIpc) is 2.69. The summed E-state index contributed by atoms with van der Waals surface area (Å²) in [5.41, 5.74) is 0.425. The highest BCUT2D eigenvalue weighted by Crippen LogP contribution is 2.36. The molecule has 0 aliphatic carbocycles. The number of nitrogens with one attached hydrogen (secondary N) is 1. The van der Waals surface area contributed by atoms with Crippen molar-refractivity contribution in [2.75, 3.05) is 13.1 Å². The van der Waals surface area contributed by atoms with Crippen LogP contribution in [0.15, 0.2) is 24.3 Å². The van der Waals surface area contributed by atoms with Crippen LogP contribution in [0.5, 0.6) is 5.75 Å². The number of benzene rings is 1. The molecule has 0 radical (unpaired) electrons. The lowest BCUT2D eigenvalue weighted by Crippen LogP contribution is -2.41. The fraction of sp³-hybridized carbons (Fsp3) is 0.647. The first-order chi connectivity index (χ1) is 10.4. The summed E-state index contributed by atoms with van der Waals surface area (Å²) in [7, 11) is -0.310. The van der Waals surface area contributed by atoms with E-state index < -0.39 is 0 Å². The van der Waals surface area contributed by atoms with Crippen LogP contribution in [0, 0.1) is 0 Å². The Labute approximate surface area is 133 Å². The van der Waals surface area contributed by atoms with Gasteiger partial charge < -0.3 is 19.4 Å². The van der Waals surface area contributed by atoms with Gasteiger partial charge in [0, 0.05) is 6.54 Å². The second-order valence-corrected chi connectivity index (χ2v) is 7.24. The van der Waals surface area contributed by atoms with Gasteiger partial charge in [0.2, 0.25) is 0 Å². The highest BCUT2D eigenvalue weighted by Gasteiger charge is 2.51. The highest BCUT2D eigenvalue weighted by molar-refractivity contribution is 6.62. The fourth-order valence-corrected chi connectivity index (χ4v) is 2.80. The third-order valence-corrected chi connectivity index (χ3v) is 4.96. The van der Waals surface area contributed by atoms with Gasteiger partial charge in [0.1, 0.15) is 11.9 Å². The zero-order valence-corrected chi connectivity index (χ0v) is 14.0. The second kappa shape index (κ2) is 5.87. The van der Waals surface area contributed by atoms with Crippen molar-refractivity contribution in [2.24, 2.45) is 0 Å². The van der Waals surface area contributed by atoms with Crippen molar-refractivity contribution in [2.45, 2.75) is 57.8 Å². The van der Waals surface area contributed by atoms with Crippen molar-refractivity contribution in [3.05, 3.63) is 24.3 Å². The summed E-state index contributed by atoms with van der Waals surface area (Å²) in [5.74, 6) is 0.911. The molecule has 1 N–H and O–H groups in total. The van der Waals surface area contributed by atoms with Gasteiger partial charge in [0.15, 0.2) is 0 Å². The lowest BCUT2D eigenvalue weighted by atomic mass is 9.79. The van der Waals surface area contributed by atoms with Crippen molar-refractivity contribution in [3.8, 4) is 5.75 Å². The van der Waals surface area contributed by atoms with Crippen LogP contribution in [-0.2, 0) is 9.31 Å². The molecule has 2 saturated heterocycles. The Morgan fingerprint density at radius 2 is 1.73 bits per heavy atom.